The summed E-state index contributed by atoms with van der Waals surface area (Å²) in [5.74, 6) is 0. The van der Waals surface area contributed by atoms with Crippen molar-refractivity contribution in [1.29, 1.82) is 0 Å². The van der Waals surface area contributed by atoms with E-state index in [1.165, 1.54) is 0 Å². The maximum Gasteiger partial charge on any atom is 0.0748 e. The van der Waals surface area contributed by atoms with Gasteiger partial charge in [-0.2, -0.15) is 0 Å². The van der Waals surface area contributed by atoms with E-state index < -0.39 is 0 Å². The SMILES string of the molecule is C/C=C/O.[Ac]. The molecule has 0 saturated heterocycles. The largest absolute Gasteiger partial charge is 0.516 e. The molecule has 0 amide bonds. The Kier molecular flexibility index (Phi) is 16.6. The molecule has 0 unspecified atom stereocenters. The second-order valence-electron chi connectivity index (χ2n) is 0.482. The summed E-state index contributed by atoms with van der Waals surface area (Å²) in [6.45, 7) is 1.75. The minimum atomic E-state index is 0. The van der Waals surface area contributed by atoms with Crippen LogP contribution < -0.4 is 0 Å². The minimum absolute atomic E-state index is 0. The second kappa shape index (κ2) is 8.88. The van der Waals surface area contributed by atoms with Crippen molar-refractivity contribution in [3.8, 4) is 0 Å². The Morgan fingerprint density at radius 2 is 1.80 bits per heavy atom. The zero-order valence-corrected chi connectivity index (χ0v) is 7.92. The predicted octanol–water partition coefficient (Wildman–Crippen LogP) is 1.08. The molecule has 1 radical (unpaired) electrons. The van der Waals surface area contributed by atoms with Crippen LogP contribution in [0.15, 0.2) is 12.3 Å². The summed E-state index contributed by atoms with van der Waals surface area (Å²) in [7, 11) is 0. The van der Waals surface area contributed by atoms with Gasteiger partial charge < -0.3 is 5.11 Å². The standard InChI is InChI=1S/C3H6O.Ac/c1-2-3-4;/h2-4H,1H3;/b3-2+;. The van der Waals surface area contributed by atoms with Crippen molar-refractivity contribution in [3.63, 3.8) is 0 Å². The molecule has 0 aliphatic carbocycles. The topological polar surface area (TPSA) is 20.2 Å². The first kappa shape index (κ1) is 9.36. The smallest absolute Gasteiger partial charge is 0.0748 e. The molecule has 0 aromatic carbocycles. The van der Waals surface area contributed by atoms with E-state index in [9.17, 15) is 0 Å². The van der Waals surface area contributed by atoms with E-state index >= 15 is 0 Å². The van der Waals surface area contributed by atoms with Gasteiger partial charge in [-0.25, -0.2) is 0 Å². The van der Waals surface area contributed by atoms with Gasteiger partial charge >= 0.3 is 0 Å². The summed E-state index contributed by atoms with van der Waals surface area (Å²) in [5, 5.41) is 7.69. The van der Waals surface area contributed by atoms with Crippen LogP contribution in [0.2, 0.25) is 0 Å². The Labute approximate surface area is 67.6 Å². The number of hydrogen-bond acceptors (Lipinski definition) is 1. The molecule has 0 heterocycles. The van der Waals surface area contributed by atoms with Gasteiger partial charge in [0.1, 0.15) is 0 Å². The molecule has 0 atom stereocenters. The molecule has 0 aromatic heterocycles. The van der Waals surface area contributed by atoms with Crippen LogP contribution in [0.1, 0.15) is 6.92 Å². The van der Waals surface area contributed by atoms with Gasteiger partial charge in [0, 0.05) is 44.1 Å². The van der Waals surface area contributed by atoms with E-state index in [1.54, 1.807) is 13.0 Å². The molecule has 27 valence electrons. The maximum absolute atomic E-state index is 7.69. The van der Waals surface area contributed by atoms with Crippen LogP contribution >= 0.6 is 0 Å². The Morgan fingerprint density at radius 3 is 1.80 bits per heavy atom. The molecule has 0 aliphatic rings. The van der Waals surface area contributed by atoms with E-state index in [2.05, 4.69) is 0 Å². The van der Waals surface area contributed by atoms with Gasteiger partial charge in [-0.15, -0.1) is 0 Å². The Morgan fingerprint density at radius 1 is 1.60 bits per heavy atom. The molecule has 0 rings (SSSR count). The summed E-state index contributed by atoms with van der Waals surface area (Å²) >= 11 is 0. The van der Waals surface area contributed by atoms with E-state index in [0.29, 0.717) is 0 Å². The first-order valence-electron chi connectivity index (χ1n) is 1.17. The summed E-state index contributed by atoms with van der Waals surface area (Å²) in [6.07, 6.45) is 2.56. The van der Waals surface area contributed by atoms with Crippen LogP contribution in [0.4, 0.5) is 0 Å². The third-order valence-electron chi connectivity index (χ3n) is 0.149. The Balaban J connectivity index is 0. The summed E-state index contributed by atoms with van der Waals surface area (Å²) < 4.78 is 0. The first-order valence-corrected chi connectivity index (χ1v) is 1.17. The molecule has 0 aliphatic heterocycles. The van der Waals surface area contributed by atoms with Crippen LogP contribution in [0.5, 0.6) is 0 Å². The average Bonchev–Trinajstić information content (AvgIpc) is 1.37. The van der Waals surface area contributed by atoms with Crippen molar-refractivity contribution >= 4 is 0 Å². The summed E-state index contributed by atoms with van der Waals surface area (Å²) in [4.78, 5) is 0. The zero-order chi connectivity index (χ0) is 3.41. The molecule has 0 bridgehead atoms. The fourth-order valence-electron chi connectivity index (χ4n) is 0. The van der Waals surface area contributed by atoms with Crippen molar-refractivity contribution in [1.82, 2.24) is 0 Å². The minimum Gasteiger partial charge on any atom is -0.516 e. The van der Waals surface area contributed by atoms with Gasteiger partial charge in [-0.3, -0.25) is 0 Å². The van der Waals surface area contributed by atoms with Crippen LogP contribution in [0, 0.1) is 44.1 Å². The van der Waals surface area contributed by atoms with E-state index in [4.69, 9.17) is 5.11 Å². The molecule has 2 heteroatoms. The molecule has 0 aromatic rings. The maximum atomic E-state index is 7.69. The number of aliphatic hydroxyl groups is 1. The molecule has 0 spiro atoms. The Hall–Kier alpha value is 0.982. The van der Waals surface area contributed by atoms with Crippen LogP contribution in [-0.4, -0.2) is 5.11 Å². The van der Waals surface area contributed by atoms with E-state index in [-0.39, 0.29) is 44.1 Å². The second-order valence-corrected chi connectivity index (χ2v) is 0.482. The van der Waals surface area contributed by atoms with Gasteiger partial charge in [-0.05, 0) is 6.92 Å². The molecule has 5 heavy (non-hydrogen) atoms. The van der Waals surface area contributed by atoms with E-state index in [0.717, 1.165) is 6.26 Å². The third kappa shape index (κ3) is 11.3. The molecule has 0 saturated carbocycles. The fraction of sp³-hybridized carbons (Fsp3) is 0.333. The first-order chi connectivity index (χ1) is 1.91. The number of rotatable bonds is 0. The zero-order valence-electron chi connectivity index (χ0n) is 3.18. The number of aliphatic hydroxyl groups excluding tert-OH is 1. The van der Waals surface area contributed by atoms with Crippen molar-refractivity contribution in [3.05, 3.63) is 12.3 Å². The van der Waals surface area contributed by atoms with Gasteiger partial charge in [0.15, 0.2) is 0 Å². The van der Waals surface area contributed by atoms with Gasteiger partial charge in [0.25, 0.3) is 0 Å². The quantitative estimate of drug-likeness (QED) is 0.660. The van der Waals surface area contributed by atoms with Gasteiger partial charge in [0.05, 0.1) is 6.26 Å². The molecule has 0 fully saturated rings. The van der Waals surface area contributed by atoms with Crippen LogP contribution in [0.3, 0.4) is 0 Å². The van der Waals surface area contributed by atoms with Crippen molar-refractivity contribution in [2.45, 2.75) is 6.92 Å². The monoisotopic (exact) mass is 285 g/mol. The molecular formula is C3H6AcO. The number of hydrogen-bond donors (Lipinski definition) is 1. The average molecular weight is 285 g/mol. The van der Waals surface area contributed by atoms with Crippen molar-refractivity contribution < 1.29 is 49.2 Å². The normalized spacial score (nSPS) is 7.40. The predicted molar refractivity (Wildman–Crippen MR) is 17.4 cm³/mol. The molecule has 1 nitrogen and oxygen atoms in total. The summed E-state index contributed by atoms with van der Waals surface area (Å²) in [6, 6.07) is 0. The third-order valence-corrected chi connectivity index (χ3v) is 0.149. The number of allylic oxidation sites excluding steroid dienone is 1. The molecule has 1 N–H and O–H groups in total. The molecular weight excluding hydrogens is 279 g/mol. The van der Waals surface area contributed by atoms with Crippen molar-refractivity contribution in [2.75, 3.05) is 0 Å². The fourth-order valence-corrected chi connectivity index (χ4v) is 0. The van der Waals surface area contributed by atoms with Crippen molar-refractivity contribution in [2.24, 2.45) is 0 Å². The van der Waals surface area contributed by atoms with Crippen LogP contribution in [-0.2, 0) is 0 Å². The summed E-state index contributed by atoms with van der Waals surface area (Å²) in [5.41, 5.74) is 0. The van der Waals surface area contributed by atoms with Crippen LogP contribution in [0.25, 0.3) is 0 Å². The van der Waals surface area contributed by atoms with E-state index in [1.807, 2.05) is 0 Å². The van der Waals surface area contributed by atoms with Gasteiger partial charge in [-0.1, -0.05) is 6.08 Å². The Bertz CT molecular complexity index is 22.1. The van der Waals surface area contributed by atoms with Gasteiger partial charge in [0.2, 0.25) is 0 Å².